The summed E-state index contributed by atoms with van der Waals surface area (Å²) in [6.07, 6.45) is 4.15. The monoisotopic (exact) mass is 192 g/mol. The van der Waals surface area contributed by atoms with Crippen LogP contribution < -0.4 is 5.32 Å². The lowest BCUT2D eigenvalue weighted by molar-refractivity contribution is -0.137. The van der Waals surface area contributed by atoms with Gasteiger partial charge in [0.15, 0.2) is 0 Å². The normalized spacial score (nSPS) is 9.50. The van der Waals surface area contributed by atoms with E-state index >= 15 is 0 Å². The molecule has 0 aromatic carbocycles. The highest BCUT2D eigenvalue weighted by Gasteiger charge is 2.10. The molecule has 4 heteroatoms. The Balaban J connectivity index is 2.42. The molecule has 0 saturated heterocycles. The van der Waals surface area contributed by atoms with Crippen LogP contribution in [0.1, 0.15) is 12.0 Å². The largest absolute Gasteiger partial charge is 0.353 e. The lowest BCUT2D eigenvalue weighted by atomic mass is 10.1. The van der Waals surface area contributed by atoms with E-state index in [0.717, 1.165) is 5.56 Å². The maximum atomic E-state index is 11.1. The number of nitrogens with one attached hydrogen (secondary N) is 1. The highest BCUT2D eigenvalue weighted by molar-refractivity contribution is 6.36. The van der Waals surface area contributed by atoms with Gasteiger partial charge in [0.2, 0.25) is 5.78 Å². The van der Waals surface area contributed by atoms with Crippen LogP contribution in [0.15, 0.2) is 24.5 Å². The van der Waals surface area contributed by atoms with Crippen LogP contribution >= 0.6 is 0 Å². The summed E-state index contributed by atoms with van der Waals surface area (Å²) in [5.41, 5.74) is 0.963. The molecule has 0 aliphatic carbocycles. The Hall–Kier alpha value is -1.71. The van der Waals surface area contributed by atoms with Crippen LogP contribution in [0.25, 0.3) is 0 Å². The van der Waals surface area contributed by atoms with Crippen LogP contribution in [0.4, 0.5) is 0 Å². The smallest absolute Gasteiger partial charge is 0.287 e. The van der Waals surface area contributed by atoms with Crippen LogP contribution in [0.2, 0.25) is 0 Å². The third kappa shape index (κ3) is 2.97. The number of pyridine rings is 1. The molecular formula is C10H12N2O2. The molecule has 4 nitrogen and oxygen atoms in total. The van der Waals surface area contributed by atoms with Gasteiger partial charge in [0, 0.05) is 25.9 Å². The molecular weight excluding hydrogens is 180 g/mol. The molecule has 1 aromatic rings. The van der Waals surface area contributed by atoms with Crippen molar-refractivity contribution in [1.82, 2.24) is 10.3 Å². The van der Waals surface area contributed by atoms with E-state index in [-0.39, 0.29) is 6.42 Å². The van der Waals surface area contributed by atoms with Crippen LogP contribution in [-0.4, -0.2) is 23.7 Å². The van der Waals surface area contributed by atoms with E-state index in [2.05, 4.69) is 10.3 Å². The third-order valence-electron chi connectivity index (χ3n) is 1.84. The number of aromatic nitrogens is 1. The van der Waals surface area contributed by atoms with Gasteiger partial charge in [0.1, 0.15) is 0 Å². The van der Waals surface area contributed by atoms with Crippen molar-refractivity contribution in [1.29, 1.82) is 0 Å². The number of carbonyl (C=O) groups is 2. The van der Waals surface area contributed by atoms with Crippen molar-refractivity contribution in [3.05, 3.63) is 30.1 Å². The molecule has 1 heterocycles. The highest BCUT2D eigenvalue weighted by Crippen LogP contribution is 2.00. The SMILES string of the molecule is CNC(=O)C(=O)CCc1cccnc1. The molecule has 0 atom stereocenters. The second kappa shape index (κ2) is 5.11. The summed E-state index contributed by atoms with van der Waals surface area (Å²) in [5, 5.41) is 2.30. The van der Waals surface area contributed by atoms with E-state index in [1.807, 2.05) is 6.07 Å². The summed E-state index contributed by atoms with van der Waals surface area (Å²) in [5.74, 6) is -0.926. The highest BCUT2D eigenvalue weighted by atomic mass is 16.2. The van der Waals surface area contributed by atoms with E-state index in [0.29, 0.717) is 6.42 Å². The predicted octanol–water partition coefficient (Wildman–Crippen LogP) is 0.329. The van der Waals surface area contributed by atoms with Crippen LogP contribution in [0.5, 0.6) is 0 Å². The number of likely N-dealkylation sites (N-methyl/N-ethyl adjacent to an activating group) is 1. The van der Waals surface area contributed by atoms with Crippen molar-refractivity contribution >= 4 is 11.7 Å². The molecule has 0 aliphatic rings. The number of nitrogens with zero attached hydrogens (tertiary/aromatic N) is 1. The maximum Gasteiger partial charge on any atom is 0.287 e. The van der Waals surface area contributed by atoms with Gasteiger partial charge >= 0.3 is 0 Å². The first kappa shape index (κ1) is 10.4. The molecule has 0 bridgehead atoms. The van der Waals surface area contributed by atoms with Crippen LogP contribution in [-0.2, 0) is 16.0 Å². The Labute approximate surface area is 82.3 Å². The van der Waals surface area contributed by atoms with Gasteiger partial charge in [-0.1, -0.05) is 6.07 Å². The fourth-order valence-corrected chi connectivity index (χ4v) is 1.06. The van der Waals surface area contributed by atoms with E-state index in [4.69, 9.17) is 0 Å². The molecule has 0 saturated carbocycles. The van der Waals surface area contributed by atoms with Gasteiger partial charge in [-0.3, -0.25) is 14.6 Å². The minimum Gasteiger partial charge on any atom is -0.353 e. The standard InChI is InChI=1S/C10H12N2O2/c1-11-10(14)9(13)5-4-8-3-2-6-12-7-8/h2-3,6-7H,4-5H2,1H3,(H,11,14). The molecule has 0 aliphatic heterocycles. The predicted molar refractivity (Wildman–Crippen MR) is 51.6 cm³/mol. The van der Waals surface area contributed by atoms with E-state index in [9.17, 15) is 9.59 Å². The summed E-state index contributed by atoms with van der Waals surface area (Å²) >= 11 is 0. The summed E-state index contributed by atoms with van der Waals surface area (Å²) in [6.45, 7) is 0. The summed E-state index contributed by atoms with van der Waals surface area (Å²) in [6, 6.07) is 3.68. The zero-order valence-corrected chi connectivity index (χ0v) is 7.99. The number of aryl methyl sites for hydroxylation is 1. The Kier molecular flexibility index (Phi) is 3.79. The van der Waals surface area contributed by atoms with Gasteiger partial charge in [-0.15, -0.1) is 0 Å². The lowest BCUT2D eigenvalue weighted by Gasteiger charge is -1.99. The molecule has 1 N–H and O–H groups in total. The van der Waals surface area contributed by atoms with Crippen molar-refractivity contribution in [3.63, 3.8) is 0 Å². The Morgan fingerprint density at radius 2 is 2.29 bits per heavy atom. The van der Waals surface area contributed by atoms with Gasteiger partial charge in [-0.2, -0.15) is 0 Å². The number of rotatable bonds is 4. The van der Waals surface area contributed by atoms with Crippen molar-refractivity contribution < 1.29 is 9.59 Å². The molecule has 74 valence electrons. The van der Waals surface area contributed by atoms with Crippen molar-refractivity contribution in [3.8, 4) is 0 Å². The minimum atomic E-state index is -0.533. The first-order chi connectivity index (χ1) is 6.74. The topological polar surface area (TPSA) is 59.1 Å². The second-order valence-corrected chi connectivity index (χ2v) is 2.86. The van der Waals surface area contributed by atoms with Crippen LogP contribution in [0.3, 0.4) is 0 Å². The van der Waals surface area contributed by atoms with Crippen LogP contribution in [0, 0.1) is 0 Å². The zero-order valence-electron chi connectivity index (χ0n) is 7.99. The van der Waals surface area contributed by atoms with Crippen molar-refractivity contribution in [2.24, 2.45) is 0 Å². The molecule has 0 unspecified atom stereocenters. The molecule has 0 fully saturated rings. The quantitative estimate of drug-likeness (QED) is 0.699. The fraction of sp³-hybridized carbons (Fsp3) is 0.300. The van der Waals surface area contributed by atoms with E-state index in [1.165, 1.54) is 7.05 Å². The third-order valence-corrected chi connectivity index (χ3v) is 1.84. The van der Waals surface area contributed by atoms with E-state index in [1.54, 1.807) is 18.5 Å². The molecule has 1 rings (SSSR count). The van der Waals surface area contributed by atoms with Gasteiger partial charge in [0.05, 0.1) is 0 Å². The Morgan fingerprint density at radius 3 is 2.86 bits per heavy atom. The summed E-state index contributed by atoms with van der Waals surface area (Å²) in [4.78, 5) is 25.9. The number of hydrogen-bond donors (Lipinski definition) is 1. The van der Waals surface area contributed by atoms with E-state index < -0.39 is 11.7 Å². The van der Waals surface area contributed by atoms with Crippen molar-refractivity contribution in [2.45, 2.75) is 12.8 Å². The summed E-state index contributed by atoms with van der Waals surface area (Å²) in [7, 11) is 1.45. The lowest BCUT2D eigenvalue weighted by Crippen LogP contribution is -2.27. The zero-order chi connectivity index (χ0) is 10.4. The number of carbonyl (C=O) groups excluding carboxylic acids is 2. The van der Waals surface area contributed by atoms with Gasteiger partial charge in [-0.05, 0) is 18.1 Å². The molecule has 1 aromatic heterocycles. The first-order valence-electron chi connectivity index (χ1n) is 4.38. The number of ketones is 1. The first-order valence-corrected chi connectivity index (χ1v) is 4.38. The minimum absolute atomic E-state index is 0.228. The average Bonchev–Trinajstić information content (AvgIpc) is 2.26. The Bertz CT molecular complexity index is 322. The molecule has 1 amide bonds. The Morgan fingerprint density at radius 1 is 1.50 bits per heavy atom. The van der Waals surface area contributed by atoms with Crippen molar-refractivity contribution in [2.75, 3.05) is 7.05 Å². The second-order valence-electron chi connectivity index (χ2n) is 2.86. The maximum absolute atomic E-state index is 11.1. The number of Topliss-reactive ketones (excluding diaryl/α,β-unsaturated/α-hetero) is 1. The van der Waals surface area contributed by atoms with Gasteiger partial charge < -0.3 is 5.32 Å². The fourth-order valence-electron chi connectivity index (χ4n) is 1.06. The average molecular weight is 192 g/mol. The molecule has 14 heavy (non-hydrogen) atoms. The summed E-state index contributed by atoms with van der Waals surface area (Å²) < 4.78 is 0. The van der Waals surface area contributed by atoms with Gasteiger partial charge in [-0.25, -0.2) is 0 Å². The number of amides is 1. The van der Waals surface area contributed by atoms with Gasteiger partial charge in [0.25, 0.3) is 5.91 Å². The molecule has 0 spiro atoms. The molecule has 0 radical (unpaired) electrons. The number of hydrogen-bond acceptors (Lipinski definition) is 3.